The van der Waals surface area contributed by atoms with Gasteiger partial charge in [0.05, 0.1) is 28.7 Å². The van der Waals surface area contributed by atoms with Gasteiger partial charge in [-0.05, 0) is 79.1 Å². The summed E-state index contributed by atoms with van der Waals surface area (Å²) in [5.41, 5.74) is 0.936. The molecule has 0 radical (unpaired) electrons. The molecule has 2 heterocycles. The molecular formula is C31H29N3O6S. The standard InChI is InChI=1S/C31H29N3O6S/c35-28(34-26-5-2-1-4-25(26)31(37)38)18-20-7-16-29(32-19-20)40-24-14-12-23(13-15-24)39-22-10-8-21(9-11-22)33-30(36)27-6-3-17-41-27/h1-7,12-17,19,21-22H,8-11,18H2,(H,33,36)(H,34,35)(H,37,38). The van der Waals surface area contributed by atoms with Crippen molar-refractivity contribution >= 4 is 34.8 Å². The molecule has 41 heavy (non-hydrogen) atoms. The number of benzene rings is 2. The number of rotatable bonds is 10. The highest BCUT2D eigenvalue weighted by Crippen LogP contribution is 2.27. The highest BCUT2D eigenvalue weighted by Gasteiger charge is 2.24. The maximum atomic E-state index is 12.4. The SMILES string of the molecule is O=C(Cc1ccc(Oc2ccc(OC3CCC(NC(=O)c4cccs4)CC3)cc2)nc1)Nc1ccccc1C(=O)O. The molecule has 0 unspecified atom stereocenters. The van der Waals surface area contributed by atoms with E-state index >= 15 is 0 Å². The summed E-state index contributed by atoms with van der Waals surface area (Å²) in [4.78, 5) is 41.1. The average molecular weight is 572 g/mol. The number of carbonyl (C=O) groups excluding carboxylic acids is 2. The minimum atomic E-state index is -1.11. The summed E-state index contributed by atoms with van der Waals surface area (Å²) in [6.07, 6.45) is 5.18. The molecule has 10 heteroatoms. The molecule has 9 nitrogen and oxygen atoms in total. The van der Waals surface area contributed by atoms with E-state index in [-0.39, 0.29) is 41.6 Å². The maximum Gasteiger partial charge on any atom is 0.337 e. The van der Waals surface area contributed by atoms with Crippen molar-refractivity contribution in [1.29, 1.82) is 0 Å². The summed E-state index contributed by atoms with van der Waals surface area (Å²) in [5.74, 6) is 0.267. The smallest absolute Gasteiger partial charge is 0.337 e. The van der Waals surface area contributed by atoms with Crippen molar-refractivity contribution in [2.24, 2.45) is 0 Å². The monoisotopic (exact) mass is 571 g/mol. The lowest BCUT2D eigenvalue weighted by Crippen LogP contribution is -2.39. The molecule has 0 bridgehead atoms. The zero-order valence-corrected chi connectivity index (χ0v) is 22.9. The van der Waals surface area contributed by atoms with E-state index in [4.69, 9.17) is 9.47 Å². The Morgan fingerprint density at radius 2 is 1.66 bits per heavy atom. The number of carboxylic acid groups (broad SMARTS) is 1. The van der Waals surface area contributed by atoms with Gasteiger partial charge in [0.15, 0.2) is 0 Å². The highest BCUT2D eigenvalue weighted by atomic mass is 32.1. The minimum Gasteiger partial charge on any atom is -0.490 e. The fraction of sp³-hybridized carbons (Fsp3) is 0.226. The number of aromatic carboxylic acids is 1. The highest BCUT2D eigenvalue weighted by molar-refractivity contribution is 7.12. The number of pyridine rings is 1. The predicted octanol–water partition coefficient (Wildman–Crippen LogP) is 5.93. The van der Waals surface area contributed by atoms with Gasteiger partial charge in [-0.25, -0.2) is 9.78 Å². The molecule has 4 aromatic rings. The van der Waals surface area contributed by atoms with Crippen molar-refractivity contribution in [3.63, 3.8) is 0 Å². The maximum absolute atomic E-state index is 12.4. The number of aromatic nitrogens is 1. The summed E-state index contributed by atoms with van der Waals surface area (Å²) in [5, 5.41) is 16.9. The second kappa shape index (κ2) is 13.1. The zero-order valence-electron chi connectivity index (χ0n) is 22.1. The van der Waals surface area contributed by atoms with Crippen LogP contribution in [-0.2, 0) is 11.2 Å². The van der Waals surface area contributed by atoms with E-state index < -0.39 is 5.97 Å². The van der Waals surface area contributed by atoms with Crippen LogP contribution in [0.4, 0.5) is 5.69 Å². The van der Waals surface area contributed by atoms with Gasteiger partial charge >= 0.3 is 5.97 Å². The Morgan fingerprint density at radius 1 is 0.902 bits per heavy atom. The molecular weight excluding hydrogens is 542 g/mol. The van der Waals surface area contributed by atoms with Gasteiger partial charge in [-0.15, -0.1) is 11.3 Å². The number of hydrogen-bond donors (Lipinski definition) is 3. The van der Waals surface area contributed by atoms with Gasteiger partial charge < -0.3 is 25.2 Å². The first kappa shape index (κ1) is 27.9. The van der Waals surface area contributed by atoms with E-state index in [1.807, 2.05) is 41.8 Å². The van der Waals surface area contributed by atoms with E-state index in [2.05, 4.69) is 15.6 Å². The van der Waals surface area contributed by atoms with Crippen molar-refractivity contribution < 1.29 is 29.0 Å². The molecule has 0 atom stereocenters. The molecule has 210 valence electrons. The van der Waals surface area contributed by atoms with E-state index in [1.165, 1.54) is 17.4 Å². The molecule has 1 saturated carbocycles. The van der Waals surface area contributed by atoms with Crippen LogP contribution in [0.1, 0.15) is 51.3 Å². The van der Waals surface area contributed by atoms with Gasteiger partial charge in [0.25, 0.3) is 5.91 Å². The number of thiophene rings is 1. The first-order valence-electron chi connectivity index (χ1n) is 13.3. The molecule has 0 spiro atoms. The van der Waals surface area contributed by atoms with Crippen LogP contribution in [0, 0.1) is 0 Å². The normalized spacial score (nSPS) is 16.4. The van der Waals surface area contributed by atoms with Crippen LogP contribution in [0.25, 0.3) is 0 Å². The molecule has 0 saturated heterocycles. The Morgan fingerprint density at radius 3 is 2.34 bits per heavy atom. The number of ether oxygens (including phenoxy) is 2. The number of amides is 2. The van der Waals surface area contributed by atoms with E-state index in [9.17, 15) is 19.5 Å². The molecule has 2 aromatic carbocycles. The van der Waals surface area contributed by atoms with Crippen LogP contribution in [0.3, 0.4) is 0 Å². The number of carboxylic acids is 1. The summed E-state index contributed by atoms with van der Waals surface area (Å²) in [7, 11) is 0. The molecule has 2 amide bonds. The van der Waals surface area contributed by atoms with Crippen molar-refractivity contribution in [2.75, 3.05) is 5.32 Å². The summed E-state index contributed by atoms with van der Waals surface area (Å²) in [6, 6.07) is 20.9. The topological polar surface area (TPSA) is 127 Å². The van der Waals surface area contributed by atoms with Crippen molar-refractivity contribution in [1.82, 2.24) is 10.3 Å². The number of carbonyl (C=O) groups is 3. The molecule has 3 N–H and O–H groups in total. The number of para-hydroxylation sites is 1. The van der Waals surface area contributed by atoms with Crippen LogP contribution in [0.5, 0.6) is 17.4 Å². The van der Waals surface area contributed by atoms with Crippen LogP contribution in [0.15, 0.2) is 84.4 Å². The minimum absolute atomic E-state index is 0.00581. The van der Waals surface area contributed by atoms with Gasteiger partial charge in [-0.1, -0.05) is 24.3 Å². The first-order valence-corrected chi connectivity index (χ1v) is 14.2. The quantitative estimate of drug-likeness (QED) is 0.215. The Kier molecular flexibility index (Phi) is 8.90. The largest absolute Gasteiger partial charge is 0.490 e. The third-order valence-electron chi connectivity index (χ3n) is 6.70. The lowest BCUT2D eigenvalue weighted by atomic mass is 9.93. The average Bonchev–Trinajstić information content (AvgIpc) is 3.52. The third kappa shape index (κ3) is 7.70. The predicted molar refractivity (Wildman–Crippen MR) is 155 cm³/mol. The lowest BCUT2D eigenvalue weighted by Gasteiger charge is -2.29. The number of anilines is 1. The van der Waals surface area contributed by atoms with Gasteiger partial charge in [-0.2, -0.15) is 0 Å². The second-order valence-electron chi connectivity index (χ2n) is 9.70. The van der Waals surface area contributed by atoms with Crippen molar-refractivity contribution in [3.05, 3.63) is 100 Å². The van der Waals surface area contributed by atoms with Crippen molar-refractivity contribution in [2.45, 2.75) is 44.2 Å². The zero-order chi connectivity index (χ0) is 28.6. The molecule has 0 aliphatic heterocycles. The number of nitrogens with one attached hydrogen (secondary N) is 2. The fourth-order valence-electron chi connectivity index (χ4n) is 4.62. The number of nitrogens with zero attached hydrogens (tertiary/aromatic N) is 1. The third-order valence-corrected chi connectivity index (χ3v) is 7.57. The van der Waals surface area contributed by atoms with E-state index in [1.54, 1.807) is 36.5 Å². The van der Waals surface area contributed by atoms with Crippen LogP contribution >= 0.6 is 11.3 Å². The van der Waals surface area contributed by atoms with Gasteiger partial charge in [0.2, 0.25) is 11.8 Å². The van der Waals surface area contributed by atoms with Gasteiger partial charge in [0.1, 0.15) is 11.5 Å². The molecule has 1 fully saturated rings. The molecule has 1 aliphatic carbocycles. The summed E-state index contributed by atoms with van der Waals surface area (Å²) < 4.78 is 12.0. The van der Waals surface area contributed by atoms with Gasteiger partial charge in [0, 0.05) is 18.3 Å². The summed E-state index contributed by atoms with van der Waals surface area (Å²) >= 11 is 1.45. The van der Waals surface area contributed by atoms with Gasteiger partial charge in [-0.3, -0.25) is 9.59 Å². The number of hydrogen-bond acceptors (Lipinski definition) is 7. The molecule has 2 aromatic heterocycles. The molecule has 1 aliphatic rings. The second-order valence-corrected chi connectivity index (χ2v) is 10.6. The van der Waals surface area contributed by atoms with Crippen molar-refractivity contribution in [3.8, 4) is 17.4 Å². The van der Waals surface area contributed by atoms with Crippen LogP contribution in [0.2, 0.25) is 0 Å². The fourth-order valence-corrected chi connectivity index (χ4v) is 5.25. The lowest BCUT2D eigenvalue weighted by molar-refractivity contribution is -0.115. The summed E-state index contributed by atoms with van der Waals surface area (Å²) in [6.45, 7) is 0. The Bertz CT molecular complexity index is 1480. The molecule has 5 rings (SSSR count). The van der Waals surface area contributed by atoms with Crippen LogP contribution in [-0.4, -0.2) is 40.0 Å². The first-order chi connectivity index (χ1) is 19.9. The van der Waals surface area contributed by atoms with E-state index in [0.29, 0.717) is 17.2 Å². The Balaban J connectivity index is 1.06. The van der Waals surface area contributed by atoms with Crippen LogP contribution < -0.4 is 20.1 Å². The van der Waals surface area contributed by atoms with E-state index in [0.717, 1.165) is 36.3 Å². The Hall–Kier alpha value is -4.70. The Labute approximate surface area is 241 Å².